The van der Waals surface area contributed by atoms with Gasteiger partial charge in [-0.3, -0.25) is 4.98 Å². The number of phenolic OH excluding ortho intramolecular Hbond substituents is 1. The van der Waals surface area contributed by atoms with Crippen LogP contribution in [-0.4, -0.2) is 44.7 Å². The van der Waals surface area contributed by atoms with Gasteiger partial charge in [0.25, 0.3) is 0 Å². The lowest BCUT2D eigenvalue weighted by atomic mass is 10.1. The van der Waals surface area contributed by atoms with Gasteiger partial charge >= 0.3 is 0 Å². The van der Waals surface area contributed by atoms with Gasteiger partial charge in [-0.25, -0.2) is 9.97 Å². The molecule has 3 heterocycles. The van der Waals surface area contributed by atoms with Gasteiger partial charge in [-0.05, 0) is 33.3 Å². The fourth-order valence-electron chi connectivity index (χ4n) is 3.61. The summed E-state index contributed by atoms with van der Waals surface area (Å²) >= 11 is 0. The summed E-state index contributed by atoms with van der Waals surface area (Å²) in [5, 5.41) is 14.0. The molecule has 1 aliphatic heterocycles. The Balaban J connectivity index is 1.54. The fourth-order valence-corrected chi connectivity index (χ4v) is 3.61. The molecule has 1 aromatic carbocycles. The molecular weight excluding hydrogens is 342 g/mol. The van der Waals surface area contributed by atoms with Crippen LogP contribution in [0.25, 0.3) is 22.4 Å². The van der Waals surface area contributed by atoms with Crippen LogP contribution in [0, 0.1) is 6.92 Å². The van der Waals surface area contributed by atoms with Crippen molar-refractivity contribution in [1.82, 2.24) is 20.3 Å². The molecule has 0 amide bonds. The molecule has 0 unspecified atom stereocenters. The molecule has 0 saturated carbocycles. The largest absolute Gasteiger partial charge is 0.507 e. The van der Waals surface area contributed by atoms with Crippen molar-refractivity contribution in [1.29, 1.82) is 0 Å². The molecule has 0 aliphatic carbocycles. The molecule has 7 heteroatoms. The van der Waals surface area contributed by atoms with Crippen molar-refractivity contribution in [2.75, 3.05) is 18.0 Å². The van der Waals surface area contributed by atoms with Crippen molar-refractivity contribution in [2.45, 2.75) is 45.7 Å². The lowest BCUT2D eigenvalue weighted by Crippen LogP contribution is -2.44. The van der Waals surface area contributed by atoms with E-state index in [4.69, 9.17) is 4.42 Å². The second-order valence-corrected chi connectivity index (χ2v) is 8.16. The highest BCUT2D eigenvalue weighted by molar-refractivity contribution is 5.83. The Hall–Kier alpha value is -2.67. The van der Waals surface area contributed by atoms with Gasteiger partial charge in [-0.15, -0.1) is 0 Å². The van der Waals surface area contributed by atoms with E-state index in [1.165, 1.54) is 0 Å². The van der Waals surface area contributed by atoms with E-state index in [0.29, 0.717) is 34.3 Å². The lowest BCUT2D eigenvalue weighted by Gasteiger charge is -2.26. The molecule has 27 heavy (non-hydrogen) atoms. The smallest absolute Gasteiger partial charge is 0.192 e. The number of rotatable bonds is 3. The van der Waals surface area contributed by atoms with Crippen LogP contribution in [0.3, 0.4) is 0 Å². The summed E-state index contributed by atoms with van der Waals surface area (Å²) in [5.74, 6) is 1.54. The number of aryl methyl sites for hydroxylation is 1. The Labute approximate surface area is 158 Å². The van der Waals surface area contributed by atoms with Crippen LogP contribution in [0.5, 0.6) is 5.75 Å². The molecule has 2 aromatic heterocycles. The van der Waals surface area contributed by atoms with Crippen molar-refractivity contribution < 1.29 is 9.52 Å². The van der Waals surface area contributed by atoms with E-state index < -0.39 is 0 Å². The van der Waals surface area contributed by atoms with E-state index in [-0.39, 0.29) is 11.3 Å². The molecule has 7 nitrogen and oxygen atoms in total. The van der Waals surface area contributed by atoms with Crippen LogP contribution in [0.15, 0.2) is 28.9 Å². The highest BCUT2D eigenvalue weighted by Crippen LogP contribution is 2.32. The zero-order valence-corrected chi connectivity index (χ0v) is 16.2. The van der Waals surface area contributed by atoms with Gasteiger partial charge < -0.3 is 19.7 Å². The van der Waals surface area contributed by atoms with Gasteiger partial charge in [0, 0.05) is 43.2 Å². The number of oxazole rings is 1. The van der Waals surface area contributed by atoms with Gasteiger partial charge in [0.1, 0.15) is 17.1 Å². The molecule has 4 rings (SSSR count). The van der Waals surface area contributed by atoms with Gasteiger partial charge in [0.15, 0.2) is 11.5 Å². The number of hydrogen-bond donors (Lipinski definition) is 2. The summed E-state index contributed by atoms with van der Waals surface area (Å²) in [5.41, 5.74) is 2.56. The number of benzene rings is 1. The molecule has 142 valence electrons. The first-order valence-electron chi connectivity index (χ1n) is 9.24. The van der Waals surface area contributed by atoms with E-state index in [1.54, 1.807) is 31.5 Å². The van der Waals surface area contributed by atoms with E-state index in [2.05, 4.69) is 45.9 Å². The normalized spacial score (nSPS) is 17.8. The SMILES string of the molecule is Cc1nc2cc(O)c(-c3cnc(N4CC[C@@H](NC(C)(C)C)C4)cn3)cc2o1. The number of nitrogens with one attached hydrogen (secondary N) is 1. The number of nitrogens with zero attached hydrogens (tertiary/aromatic N) is 4. The first-order chi connectivity index (χ1) is 12.8. The second kappa shape index (κ2) is 6.49. The van der Waals surface area contributed by atoms with Crippen molar-refractivity contribution in [2.24, 2.45) is 0 Å². The Morgan fingerprint density at radius 2 is 2.04 bits per heavy atom. The third-order valence-electron chi connectivity index (χ3n) is 4.68. The van der Waals surface area contributed by atoms with Crippen LogP contribution in [0.2, 0.25) is 0 Å². The first-order valence-corrected chi connectivity index (χ1v) is 9.24. The Morgan fingerprint density at radius 1 is 1.22 bits per heavy atom. The Kier molecular flexibility index (Phi) is 4.26. The van der Waals surface area contributed by atoms with Crippen molar-refractivity contribution in [3.63, 3.8) is 0 Å². The van der Waals surface area contributed by atoms with Crippen LogP contribution >= 0.6 is 0 Å². The maximum atomic E-state index is 10.3. The Bertz CT molecular complexity index is 959. The van der Waals surface area contributed by atoms with Crippen molar-refractivity contribution >= 4 is 16.9 Å². The van der Waals surface area contributed by atoms with Gasteiger partial charge in [-0.2, -0.15) is 0 Å². The standard InChI is InChI=1S/C20H25N5O2/c1-12-23-15-8-17(26)14(7-18(15)27-12)16-9-22-19(10-21-16)25-6-5-13(11-25)24-20(2,3)4/h7-10,13,24,26H,5-6,11H2,1-4H3/t13-/m1/s1. The minimum Gasteiger partial charge on any atom is -0.507 e. The van der Waals surface area contributed by atoms with Gasteiger partial charge in [-0.1, -0.05) is 0 Å². The summed E-state index contributed by atoms with van der Waals surface area (Å²) in [6.45, 7) is 10.2. The topological polar surface area (TPSA) is 87.3 Å². The summed E-state index contributed by atoms with van der Waals surface area (Å²) in [4.78, 5) is 15.6. The van der Waals surface area contributed by atoms with Gasteiger partial charge in [0.2, 0.25) is 0 Å². The summed E-state index contributed by atoms with van der Waals surface area (Å²) in [7, 11) is 0. The molecule has 3 aromatic rings. The van der Waals surface area contributed by atoms with E-state index in [9.17, 15) is 5.11 Å². The summed E-state index contributed by atoms with van der Waals surface area (Å²) in [6, 6.07) is 3.81. The van der Waals surface area contributed by atoms with Crippen molar-refractivity contribution in [3.8, 4) is 17.0 Å². The zero-order chi connectivity index (χ0) is 19.2. The van der Waals surface area contributed by atoms with Crippen LogP contribution in [0.4, 0.5) is 5.82 Å². The molecule has 1 fully saturated rings. The van der Waals surface area contributed by atoms with E-state index in [1.807, 2.05) is 0 Å². The Morgan fingerprint density at radius 3 is 2.74 bits per heavy atom. The van der Waals surface area contributed by atoms with Crippen molar-refractivity contribution in [3.05, 3.63) is 30.4 Å². The predicted octanol–water partition coefficient (Wildman–Crippen LogP) is 3.27. The first kappa shape index (κ1) is 17.7. The molecule has 1 atom stereocenters. The minimum atomic E-state index is 0.103. The number of fused-ring (bicyclic) bond motifs is 1. The number of aromatic nitrogens is 3. The van der Waals surface area contributed by atoms with Crippen LogP contribution in [-0.2, 0) is 0 Å². The third kappa shape index (κ3) is 3.73. The molecule has 0 spiro atoms. The van der Waals surface area contributed by atoms with Crippen LogP contribution in [0.1, 0.15) is 33.1 Å². The maximum absolute atomic E-state index is 10.3. The molecular formula is C20H25N5O2. The number of aromatic hydroxyl groups is 1. The number of hydrogen-bond acceptors (Lipinski definition) is 7. The van der Waals surface area contributed by atoms with E-state index in [0.717, 1.165) is 25.3 Å². The second-order valence-electron chi connectivity index (χ2n) is 8.16. The average molecular weight is 367 g/mol. The summed E-state index contributed by atoms with van der Waals surface area (Å²) in [6.07, 6.45) is 4.55. The average Bonchev–Trinajstić information content (AvgIpc) is 3.18. The van der Waals surface area contributed by atoms with E-state index >= 15 is 0 Å². The maximum Gasteiger partial charge on any atom is 0.192 e. The predicted molar refractivity (Wildman–Crippen MR) is 105 cm³/mol. The number of anilines is 1. The lowest BCUT2D eigenvalue weighted by molar-refractivity contribution is 0.373. The highest BCUT2D eigenvalue weighted by atomic mass is 16.3. The zero-order valence-electron chi connectivity index (χ0n) is 16.2. The van der Waals surface area contributed by atoms with Gasteiger partial charge in [0.05, 0.1) is 18.1 Å². The third-order valence-corrected chi connectivity index (χ3v) is 4.68. The molecule has 0 radical (unpaired) electrons. The summed E-state index contributed by atoms with van der Waals surface area (Å²) < 4.78 is 5.56. The molecule has 0 bridgehead atoms. The monoisotopic (exact) mass is 367 g/mol. The molecule has 1 aliphatic rings. The molecule has 2 N–H and O–H groups in total. The highest BCUT2D eigenvalue weighted by Gasteiger charge is 2.26. The molecule has 1 saturated heterocycles. The van der Waals surface area contributed by atoms with Crippen LogP contribution < -0.4 is 10.2 Å². The minimum absolute atomic E-state index is 0.103. The number of phenols is 1. The fraction of sp³-hybridized carbons (Fsp3) is 0.450. The quantitative estimate of drug-likeness (QED) is 0.734.